The van der Waals surface area contributed by atoms with Crippen molar-refractivity contribution in [2.75, 3.05) is 6.61 Å². The molecular formula is C22H25N3O2. The Morgan fingerprint density at radius 2 is 2.00 bits per heavy atom. The van der Waals surface area contributed by atoms with E-state index in [-0.39, 0.29) is 12.5 Å². The van der Waals surface area contributed by atoms with Crippen molar-refractivity contribution in [2.24, 2.45) is 5.10 Å². The zero-order valence-corrected chi connectivity index (χ0v) is 16.2. The van der Waals surface area contributed by atoms with Gasteiger partial charge in [-0.2, -0.15) is 5.10 Å². The minimum absolute atomic E-state index is 0.0760. The monoisotopic (exact) mass is 363 g/mol. The molecule has 0 aliphatic rings. The van der Waals surface area contributed by atoms with E-state index in [1.807, 2.05) is 50.2 Å². The number of H-pyrrole nitrogens is 1. The Bertz CT molecular complexity index is 986. The fraction of sp³-hybridized carbons (Fsp3) is 0.273. The quantitative estimate of drug-likeness (QED) is 0.502. The second-order valence-electron chi connectivity index (χ2n) is 6.99. The molecule has 0 aliphatic carbocycles. The number of carbonyl (C=O) groups is 1. The molecule has 140 valence electrons. The highest BCUT2D eigenvalue weighted by molar-refractivity contribution is 6.00. The van der Waals surface area contributed by atoms with E-state index in [0.29, 0.717) is 5.92 Å². The minimum Gasteiger partial charge on any atom is -0.483 e. The number of ether oxygens (including phenoxy) is 1. The van der Waals surface area contributed by atoms with Gasteiger partial charge in [0, 0.05) is 22.2 Å². The van der Waals surface area contributed by atoms with Crippen molar-refractivity contribution in [3.05, 3.63) is 64.8 Å². The lowest BCUT2D eigenvalue weighted by Crippen LogP contribution is -2.25. The molecule has 1 amide bonds. The third-order valence-electron chi connectivity index (χ3n) is 4.48. The largest absolute Gasteiger partial charge is 0.483 e. The number of fused-ring (bicyclic) bond motifs is 1. The predicted octanol–water partition coefficient (Wildman–Crippen LogP) is 4.44. The smallest absolute Gasteiger partial charge is 0.277 e. The van der Waals surface area contributed by atoms with E-state index in [4.69, 9.17) is 4.74 Å². The second-order valence-corrected chi connectivity index (χ2v) is 6.99. The van der Waals surface area contributed by atoms with Crippen molar-refractivity contribution < 1.29 is 9.53 Å². The minimum atomic E-state index is -0.292. The van der Waals surface area contributed by atoms with Crippen molar-refractivity contribution in [1.82, 2.24) is 10.4 Å². The van der Waals surface area contributed by atoms with Gasteiger partial charge in [0.2, 0.25) is 0 Å². The van der Waals surface area contributed by atoms with Crippen LogP contribution in [0.5, 0.6) is 5.75 Å². The maximum Gasteiger partial charge on any atom is 0.277 e. The second kappa shape index (κ2) is 8.08. The Morgan fingerprint density at radius 1 is 1.22 bits per heavy atom. The number of aromatic amines is 1. The molecule has 1 heterocycles. The molecule has 0 saturated heterocycles. The molecule has 0 atom stereocenters. The third-order valence-corrected chi connectivity index (χ3v) is 4.48. The van der Waals surface area contributed by atoms with Gasteiger partial charge >= 0.3 is 0 Å². The maximum absolute atomic E-state index is 12.1. The van der Waals surface area contributed by atoms with Crippen LogP contribution in [0.1, 0.15) is 42.1 Å². The summed E-state index contributed by atoms with van der Waals surface area (Å²) in [4.78, 5) is 15.4. The van der Waals surface area contributed by atoms with Crippen LogP contribution in [0.4, 0.5) is 0 Å². The normalized spacial score (nSPS) is 11.4. The van der Waals surface area contributed by atoms with E-state index in [1.54, 1.807) is 6.21 Å². The number of benzene rings is 2. The number of aromatic nitrogens is 1. The van der Waals surface area contributed by atoms with Gasteiger partial charge in [0.05, 0.1) is 6.21 Å². The van der Waals surface area contributed by atoms with Crippen molar-refractivity contribution in [2.45, 2.75) is 33.6 Å². The topological polar surface area (TPSA) is 66.5 Å². The van der Waals surface area contributed by atoms with Gasteiger partial charge in [-0.3, -0.25) is 4.79 Å². The number of amides is 1. The first-order valence-corrected chi connectivity index (χ1v) is 9.08. The van der Waals surface area contributed by atoms with Crippen LogP contribution < -0.4 is 10.2 Å². The predicted molar refractivity (Wildman–Crippen MR) is 110 cm³/mol. The summed E-state index contributed by atoms with van der Waals surface area (Å²) in [7, 11) is 0. The molecule has 3 rings (SSSR count). The molecule has 3 aromatic rings. The van der Waals surface area contributed by atoms with E-state index >= 15 is 0 Å². The average molecular weight is 363 g/mol. The molecule has 2 aromatic carbocycles. The molecule has 5 nitrogen and oxygen atoms in total. The van der Waals surface area contributed by atoms with Crippen molar-refractivity contribution in [3.63, 3.8) is 0 Å². The number of rotatable bonds is 6. The van der Waals surface area contributed by atoms with E-state index in [0.717, 1.165) is 39.0 Å². The highest BCUT2D eigenvalue weighted by Crippen LogP contribution is 2.27. The first-order valence-electron chi connectivity index (χ1n) is 9.08. The molecule has 0 fully saturated rings. The molecule has 0 spiro atoms. The summed E-state index contributed by atoms with van der Waals surface area (Å²) in [6, 6.07) is 14.1. The van der Waals surface area contributed by atoms with Crippen LogP contribution in [0, 0.1) is 13.8 Å². The molecule has 27 heavy (non-hydrogen) atoms. The SMILES string of the molecule is Cc1ccc(C(C)C)c(OCC(=O)NN=Cc2c(C)[nH]c3ccccc23)c1. The number of hydrazone groups is 1. The van der Waals surface area contributed by atoms with Gasteiger partial charge in [0.1, 0.15) is 5.75 Å². The molecule has 5 heteroatoms. The summed E-state index contributed by atoms with van der Waals surface area (Å²) in [6.45, 7) is 8.12. The summed E-state index contributed by atoms with van der Waals surface area (Å²) in [5.74, 6) is 0.781. The van der Waals surface area contributed by atoms with Crippen LogP contribution in [-0.4, -0.2) is 23.7 Å². The van der Waals surface area contributed by atoms with E-state index in [1.165, 1.54) is 0 Å². The molecule has 0 radical (unpaired) electrons. The molecule has 0 bridgehead atoms. The molecule has 0 aliphatic heterocycles. The lowest BCUT2D eigenvalue weighted by molar-refractivity contribution is -0.123. The summed E-state index contributed by atoms with van der Waals surface area (Å²) >= 11 is 0. The van der Waals surface area contributed by atoms with Crippen LogP contribution in [0.2, 0.25) is 0 Å². The molecular weight excluding hydrogens is 338 g/mol. The van der Waals surface area contributed by atoms with Gasteiger partial charge in [-0.1, -0.05) is 44.2 Å². The van der Waals surface area contributed by atoms with Gasteiger partial charge in [-0.15, -0.1) is 0 Å². The Labute approximate surface area is 159 Å². The summed E-state index contributed by atoms with van der Waals surface area (Å²) in [6.07, 6.45) is 1.66. The number of para-hydroxylation sites is 1. The summed E-state index contributed by atoms with van der Waals surface area (Å²) in [5, 5.41) is 5.16. The number of hydrogen-bond acceptors (Lipinski definition) is 3. The average Bonchev–Trinajstić information content (AvgIpc) is 2.95. The summed E-state index contributed by atoms with van der Waals surface area (Å²) < 4.78 is 5.73. The lowest BCUT2D eigenvalue weighted by Gasteiger charge is -2.14. The van der Waals surface area contributed by atoms with E-state index in [2.05, 4.69) is 35.4 Å². The number of nitrogens with zero attached hydrogens (tertiary/aromatic N) is 1. The fourth-order valence-electron chi connectivity index (χ4n) is 3.05. The Balaban J connectivity index is 1.63. The van der Waals surface area contributed by atoms with Gasteiger partial charge in [-0.05, 0) is 43.0 Å². The van der Waals surface area contributed by atoms with Gasteiger partial charge in [-0.25, -0.2) is 5.43 Å². The van der Waals surface area contributed by atoms with E-state index in [9.17, 15) is 4.79 Å². The zero-order chi connectivity index (χ0) is 19.4. The highest BCUT2D eigenvalue weighted by atomic mass is 16.5. The Hall–Kier alpha value is -3.08. The van der Waals surface area contributed by atoms with Crippen LogP contribution in [0.3, 0.4) is 0 Å². The number of carbonyl (C=O) groups excluding carboxylic acids is 1. The maximum atomic E-state index is 12.1. The molecule has 0 saturated carbocycles. The van der Waals surface area contributed by atoms with Gasteiger partial charge in [0.25, 0.3) is 5.91 Å². The van der Waals surface area contributed by atoms with Gasteiger partial charge < -0.3 is 9.72 Å². The molecule has 1 aromatic heterocycles. The van der Waals surface area contributed by atoms with Crippen LogP contribution in [-0.2, 0) is 4.79 Å². The molecule has 2 N–H and O–H groups in total. The Kier molecular flexibility index (Phi) is 5.60. The van der Waals surface area contributed by atoms with Crippen LogP contribution in [0.25, 0.3) is 10.9 Å². The standard InChI is InChI=1S/C22H25N3O2/c1-14(2)17-10-9-15(3)11-21(17)27-13-22(26)25-23-12-19-16(4)24-20-8-6-5-7-18(19)20/h5-12,14,24H,13H2,1-4H3,(H,25,26). The van der Waals surface area contributed by atoms with Crippen LogP contribution >= 0.6 is 0 Å². The molecule has 0 unspecified atom stereocenters. The highest BCUT2D eigenvalue weighted by Gasteiger charge is 2.10. The zero-order valence-electron chi connectivity index (χ0n) is 16.2. The number of nitrogens with one attached hydrogen (secondary N) is 2. The number of aryl methyl sites for hydroxylation is 2. The van der Waals surface area contributed by atoms with E-state index < -0.39 is 0 Å². The van der Waals surface area contributed by atoms with Crippen molar-refractivity contribution >= 4 is 23.0 Å². The lowest BCUT2D eigenvalue weighted by atomic mass is 10.0. The first-order chi connectivity index (χ1) is 13.0. The summed E-state index contributed by atoms with van der Waals surface area (Å²) in [5.41, 5.74) is 7.75. The van der Waals surface area contributed by atoms with Crippen molar-refractivity contribution in [1.29, 1.82) is 0 Å². The van der Waals surface area contributed by atoms with Crippen LogP contribution in [0.15, 0.2) is 47.6 Å². The first kappa shape index (κ1) is 18.7. The third kappa shape index (κ3) is 4.37. The number of hydrogen-bond donors (Lipinski definition) is 2. The van der Waals surface area contributed by atoms with Crippen molar-refractivity contribution in [3.8, 4) is 5.75 Å². The Morgan fingerprint density at radius 3 is 2.78 bits per heavy atom. The fourth-order valence-corrected chi connectivity index (χ4v) is 3.05. The van der Waals surface area contributed by atoms with Gasteiger partial charge in [0.15, 0.2) is 6.61 Å².